The number of hydrogen-bond acceptors (Lipinski definition) is 2. The molecule has 0 aromatic heterocycles. The Morgan fingerprint density at radius 1 is 1.19 bits per heavy atom. The van der Waals surface area contributed by atoms with Crippen molar-refractivity contribution < 1.29 is 22.9 Å². The maximum atomic E-state index is 13.5. The van der Waals surface area contributed by atoms with Gasteiger partial charge in [0.2, 0.25) is 0 Å². The van der Waals surface area contributed by atoms with Crippen molar-refractivity contribution in [3.63, 3.8) is 0 Å². The quantitative estimate of drug-likeness (QED) is 0.943. The Labute approximate surface area is 122 Å². The molecule has 0 heterocycles. The molecule has 0 aliphatic carbocycles. The molecule has 0 amide bonds. The van der Waals surface area contributed by atoms with E-state index in [4.69, 9.17) is 5.11 Å². The van der Waals surface area contributed by atoms with Crippen molar-refractivity contribution in [2.24, 2.45) is 0 Å². The van der Waals surface area contributed by atoms with Gasteiger partial charge in [0.05, 0.1) is 22.1 Å². The summed E-state index contributed by atoms with van der Waals surface area (Å²) in [6, 6.07) is 7.46. The van der Waals surface area contributed by atoms with Gasteiger partial charge in [-0.3, -0.25) is 4.21 Å². The number of carboxylic acids is 1. The molecule has 0 fully saturated rings. The fraction of sp³-hybridized carbons (Fsp3) is 0.133. The zero-order valence-electron chi connectivity index (χ0n) is 11.1. The van der Waals surface area contributed by atoms with Crippen LogP contribution >= 0.6 is 0 Å². The summed E-state index contributed by atoms with van der Waals surface area (Å²) < 4.78 is 38.5. The predicted octanol–water partition coefficient (Wildman–Crippen LogP) is 3.28. The molecule has 0 bridgehead atoms. The van der Waals surface area contributed by atoms with Crippen molar-refractivity contribution in [2.75, 3.05) is 0 Å². The highest BCUT2D eigenvalue weighted by Crippen LogP contribution is 2.19. The van der Waals surface area contributed by atoms with E-state index in [0.29, 0.717) is 10.5 Å². The number of carbonyl (C=O) groups is 1. The standard InChI is InChI=1S/C15H12F2O3S/c1-9-2-5-12(7-13(9)15(18)19)21(20)8-10-3-4-11(16)6-14(10)17/h2-7H,8H2,1H3,(H,18,19). The maximum Gasteiger partial charge on any atom is 0.335 e. The average molecular weight is 310 g/mol. The molecule has 1 N–H and O–H groups in total. The van der Waals surface area contributed by atoms with E-state index in [1.807, 2.05) is 0 Å². The van der Waals surface area contributed by atoms with Crippen LogP contribution < -0.4 is 0 Å². The Balaban J connectivity index is 2.28. The van der Waals surface area contributed by atoms with Crippen LogP contribution in [0.15, 0.2) is 41.3 Å². The summed E-state index contributed by atoms with van der Waals surface area (Å²) >= 11 is 0. The molecule has 0 radical (unpaired) electrons. The van der Waals surface area contributed by atoms with Crippen LogP contribution in [-0.2, 0) is 16.6 Å². The van der Waals surface area contributed by atoms with Gasteiger partial charge in [-0.2, -0.15) is 0 Å². The number of hydrogen-bond donors (Lipinski definition) is 1. The monoisotopic (exact) mass is 310 g/mol. The molecule has 6 heteroatoms. The molecule has 2 rings (SSSR count). The molecule has 0 aliphatic rings. The Morgan fingerprint density at radius 3 is 2.52 bits per heavy atom. The van der Waals surface area contributed by atoms with Gasteiger partial charge in [0, 0.05) is 16.5 Å². The van der Waals surface area contributed by atoms with Crippen LogP contribution in [-0.4, -0.2) is 15.3 Å². The highest BCUT2D eigenvalue weighted by atomic mass is 32.2. The normalized spacial score (nSPS) is 12.1. The SMILES string of the molecule is Cc1ccc(S(=O)Cc2ccc(F)cc2F)cc1C(=O)O. The molecule has 110 valence electrons. The lowest BCUT2D eigenvalue weighted by Gasteiger charge is -2.07. The molecular formula is C15H12F2O3S. The molecule has 0 saturated heterocycles. The minimum absolute atomic E-state index is 0.0560. The summed E-state index contributed by atoms with van der Waals surface area (Å²) in [5.41, 5.74) is 0.726. The second kappa shape index (κ2) is 6.13. The molecule has 2 aromatic rings. The Morgan fingerprint density at radius 2 is 1.90 bits per heavy atom. The Bertz CT molecular complexity index is 729. The van der Waals surface area contributed by atoms with Gasteiger partial charge in [-0.25, -0.2) is 13.6 Å². The summed E-state index contributed by atoms with van der Waals surface area (Å²) in [4.78, 5) is 11.3. The van der Waals surface area contributed by atoms with E-state index in [2.05, 4.69) is 0 Å². The third kappa shape index (κ3) is 3.52. The second-order valence-corrected chi connectivity index (χ2v) is 5.96. The van der Waals surface area contributed by atoms with Crippen molar-refractivity contribution in [3.8, 4) is 0 Å². The van der Waals surface area contributed by atoms with Crippen LogP contribution in [0.1, 0.15) is 21.5 Å². The summed E-state index contributed by atoms with van der Waals surface area (Å²) in [5, 5.41) is 9.04. The van der Waals surface area contributed by atoms with Crippen molar-refractivity contribution in [3.05, 3.63) is 64.7 Å². The highest BCUT2D eigenvalue weighted by Gasteiger charge is 2.13. The van der Waals surface area contributed by atoms with Crippen LogP contribution in [0.5, 0.6) is 0 Å². The summed E-state index contributed by atoms with van der Waals surface area (Å²) in [7, 11) is -1.61. The smallest absolute Gasteiger partial charge is 0.335 e. The van der Waals surface area contributed by atoms with Crippen molar-refractivity contribution in [1.82, 2.24) is 0 Å². The topological polar surface area (TPSA) is 54.4 Å². The Hall–Kier alpha value is -2.08. The number of rotatable bonds is 4. The first-order valence-electron chi connectivity index (χ1n) is 6.04. The predicted molar refractivity (Wildman–Crippen MR) is 74.6 cm³/mol. The van der Waals surface area contributed by atoms with E-state index in [1.54, 1.807) is 19.1 Å². The Kier molecular flexibility index (Phi) is 4.47. The van der Waals surface area contributed by atoms with Crippen LogP contribution in [0.3, 0.4) is 0 Å². The van der Waals surface area contributed by atoms with Gasteiger partial charge in [-0.1, -0.05) is 12.1 Å². The van der Waals surface area contributed by atoms with Gasteiger partial charge >= 0.3 is 5.97 Å². The van der Waals surface area contributed by atoms with E-state index in [0.717, 1.165) is 12.1 Å². The molecule has 21 heavy (non-hydrogen) atoms. The molecule has 0 saturated carbocycles. The van der Waals surface area contributed by atoms with Gasteiger partial charge in [0.15, 0.2) is 0 Å². The van der Waals surface area contributed by atoms with Crippen LogP contribution in [0.25, 0.3) is 0 Å². The lowest BCUT2D eigenvalue weighted by Crippen LogP contribution is -2.04. The molecule has 1 atom stereocenters. The number of aryl methyl sites for hydroxylation is 1. The minimum atomic E-state index is -1.61. The number of halogens is 2. The summed E-state index contributed by atoms with van der Waals surface area (Å²) in [5.74, 6) is -2.73. The van der Waals surface area contributed by atoms with E-state index in [-0.39, 0.29) is 16.9 Å². The first-order chi connectivity index (χ1) is 9.88. The van der Waals surface area contributed by atoms with E-state index >= 15 is 0 Å². The average Bonchev–Trinajstić information content (AvgIpc) is 2.42. The van der Waals surface area contributed by atoms with Gasteiger partial charge in [0.1, 0.15) is 11.6 Å². The van der Waals surface area contributed by atoms with Crippen LogP contribution in [0, 0.1) is 18.6 Å². The third-order valence-electron chi connectivity index (χ3n) is 3.00. The number of benzene rings is 2. The fourth-order valence-corrected chi connectivity index (χ4v) is 2.99. The largest absolute Gasteiger partial charge is 0.478 e. The first-order valence-corrected chi connectivity index (χ1v) is 7.36. The number of aromatic carboxylic acids is 1. The van der Waals surface area contributed by atoms with Gasteiger partial charge in [-0.15, -0.1) is 0 Å². The first kappa shape index (κ1) is 15.3. The van der Waals surface area contributed by atoms with Crippen LogP contribution in [0.2, 0.25) is 0 Å². The van der Waals surface area contributed by atoms with Crippen LogP contribution in [0.4, 0.5) is 8.78 Å². The van der Waals surface area contributed by atoms with Crippen molar-refractivity contribution in [2.45, 2.75) is 17.6 Å². The van der Waals surface area contributed by atoms with Gasteiger partial charge in [-0.05, 0) is 30.7 Å². The zero-order chi connectivity index (χ0) is 15.6. The minimum Gasteiger partial charge on any atom is -0.478 e. The molecule has 0 spiro atoms. The fourth-order valence-electron chi connectivity index (χ4n) is 1.84. The molecular weight excluding hydrogens is 298 g/mol. The van der Waals surface area contributed by atoms with E-state index in [9.17, 15) is 17.8 Å². The van der Waals surface area contributed by atoms with Crippen molar-refractivity contribution in [1.29, 1.82) is 0 Å². The molecule has 2 aromatic carbocycles. The van der Waals surface area contributed by atoms with Crippen molar-refractivity contribution >= 4 is 16.8 Å². The molecule has 1 unspecified atom stereocenters. The van der Waals surface area contributed by atoms with Gasteiger partial charge in [0.25, 0.3) is 0 Å². The lowest BCUT2D eigenvalue weighted by atomic mass is 10.1. The molecule has 0 aliphatic heterocycles. The zero-order valence-corrected chi connectivity index (χ0v) is 11.9. The van der Waals surface area contributed by atoms with E-state index < -0.39 is 28.4 Å². The highest BCUT2D eigenvalue weighted by molar-refractivity contribution is 7.84. The summed E-state index contributed by atoms with van der Waals surface area (Å²) in [6.45, 7) is 1.63. The molecule has 3 nitrogen and oxygen atoms in total. The lowest BCUT2D eigenvalue weighted by molar-refractivity contribution is 0.0696. The van der Waals surface area contributed by atoms with Gasteiger partial charge < -0.3 is 5.11 Å². The third-order valence-corrected chi connectivity index (χ3v) is 4.36. The number of carboxylic acid groups (broad SMARTS) is 1. The second-order valence-electron chi connectivity index (χ2n) is 4.51. The maximum absolute atomic E-state index is 13.5. The summed E-state index contributed by atoms with van der Waals surface area (Å²) in [6.07, 6.45) is 0. The van der Waals surface area contributed by atoms with E-state index in [1.165, 1.54) is 12.1 Å².